The number of Topliss-reactive ketones (excluding diaryl/α,β-unsaturated/α-hetero) is 1. The minimum atomic E-state index is 0.0753. The molecule has 144 valence electrons. The Morgan fingerprint density at radius 3 is 2.39 bits per heavy atom. The standard InChI is InChI=1S/C23H25N3O2/c1-5-23(28)26(4)20-10-11-21(16(2)12-20)18-6-8-19(9-7-18)22(27)13-17-14-24-25(3)15-17/h6-12,14-15H,5,13H2,1-4H3. The van der Waals surface area contributed by atoms with Gasteiger partial charge in [0.2, 0.25) is 5.91 Å². The van der Waals surface area contributed by atoms with E-state index in [1.165, 1.54) is 0 Å². The zero-order valence-corrected chi connectivity index (χ0v) is 16.8. The maximum Gasteiger partial charge on any atom is 0.226 e. The Morgan fingerprint density at radius 2 is 1.82 bits per heavy atom. The smallest absolute Gasteiger partial charge is 0.226 e. The topological polar surface area (TPSA) is 55.2 Å². The van der Waals surface area contributed by atoms with Gasteiger partial charge in [-0.2, -0.15) is 5.10 Å². The molecule has 0 saturated carbocycles. The van der Waals surface area contributed by atoms with Crippen molar-refractivity contribution in [1.82, 2.24) is 9.78 Å². The van der Waals surface area contributed by atoms with Gasteiger partial charge in [-0.05, 0) is 41.3 Å². The number of carbonyl (C=O) groups excluding carboxylic acids is 2. The van der Waals surface area contributed by atoms with Crippen molar-refractivity contribution in [2.75, 3.05) is 11.9 Å². The number of benzene rings is 2. The van der Waals surface area contributed by atoms with E-state index in [0.717, 1.165) is 27.9 Å². The van der Waals surface area contributed by atoms with Crippen LogP contribution in [0, 0.1) is 6.92 Å². The molecule has 1 heterocycles. The van der Waals surface area contributed by atoms with Crippen LogP contribution in [0.1, 0.15) is 34.8 Å². The van der Waals surface area contributed by atoms with Gasteiger partial charge >= 0.3 is 0 Å². The van der Waals surface area contributed by atoms with E-state index in [-0.39, 0.29) is 11.7 Å². The number of carbonyl (C=O) groups is 2. The molecule has 0 aliphatic rings. The number of hydrogen-bond donors (Lipinski definition) is 0. The number of amides is 1. The summed E-state index contributed by atoms with van der Waals surface area (Å²) in [5, 5.41) is 4.10. The molecule has 0 radical (unpaired) electrons. The summed E-state index contributed by atoms with van der Waals surface area (Å²) in [6.07, 6.45) is 4.40. The minimum absolute atomic E-state index is 0.0753. The molecular weight excluding hydrogens is 350 g/mol. The summed E-state index contributed by atoms with van der Waals surface area (Å²) in [6, 6.07) is 13.7. The average Bonchev–Trinajstić information content (AvgIpc) is 3.11. The van der Waals surface area contributed by atoms with Crippen molar-refractivity contribution in [3.05, 3.63) is 71.5 Å². The maximum absolute atomic E-state index is 12.5. The van der Waals surface area contributed by atoms with Crippen LogP contribution < -0.4 is 4.90 Å². The predicted molar refractivity (Wildman–Crippen MR) is 112 cm³/mol. The monoisotopic (exact) mass is 375 g/mol. The molecule has 0 saturated heterocycles. The SMILES string of the molecule is CCC(=O)N(C)c1ccc(-c2ccc(C(=O)Cc3cnn(C)c3)cc2)c(C)c1. The molecule has 0 spiro atoms. The molecule has 5 nitrogen and oxygen atoms in total. The van der Waals surface area contributed by atoms with Crippen molar-refractivity contribution in [2.24, 2.45) is 7.05 Å². The highest BCUT2D eigenvalue weighted by atomic mass is 16.2. The van der Waals surface area contributed by atoms with Gasteiger partial charge in [0.1, 0.15) is 0 Å². The van der Waals surface area contributed by atoms with Crippen LogP contribution in [0.5, 0.6) is 0 Å². The van der Waals surface area contributed by atoms with Gasteiger partial charge in [-0.3, -0.25) is 14.3 Å². The number of nitrogens with zero attached hydrogens (tertiary/aromatic N) is 3. The van der Waals surface area contributed by atoms with E-state index in [4.69, 9.17) is 0 Å². The van der Waals surface area contributed by atoms with Crippen molar-refractivity contribution in [1.29, 1.82) is 0 Å². The third-order valence-corrected chi connectivity index (χ3v) is 4.91. The highest BCUT2D eigenvalue weighted by Gasteiger charge is 2.12. The number of aromatic nitrogens is 2. The molecule has 2 aromatic carbocycles. The van der Waals surface area contributed by atoms with E-state index >= 15 is 0 Å². The van der Waals surface area contributed by atoms with Crippen LogP contribution in [0.2, 0.25) is 0 Å². The summed E-state index contributed by atoms with van der Waals surface area (Å²) in [6.45, 7) is 3.89. The number of ketones is 1. The summed E-state index contributed by atoms with van der Waals surface area (Å²) in [7, 11) is 3.63. The Morgan fingerprint density at radius 1 is 1.11 bits per heavy atom. The van der Waals surface area contributed by atoms with Gasteiger partial charge < -0.3 is 4.90 Å². The molecule has 3 aromatic rings. The summed E-state index contributed by atoms with van der Waals surface area (Å²) in [5.41, 5.74) is 5.71. The van der Waals surface area contributed by atoms with Crippen LogP contribution in [0.15, 0.2) is 54.9 Å². The Bertz CT molecular complexity index is 1000. The third-order valence-electron chi connectivity index (χ3n) is 4.91. The van der Waals surface area contributed by atoms with Crippen LogP contribution in [0.3, 0.4) is 0 Å². The first-order valence-electron chi connectivity index (χ1n) is 9.37. The van der Waals surface area contributed by atoms with E-state index < -0.39 is 0 Å². The van der Waals surface area contributed by atoms with Crippen LogP contribution >= 0.6 is 0 Å². The summed E-state index contributed by atoms with van der Waals surface area (Å²) >= 11 is 0. The highest BCUT2D eigenvalue weighted by Crippen LogP contribution is 2.28. The van der Waals surface area contributed by atoms with Crippen LogP contribution in [-0.2, 0) is 18.3 Å². The van der Waals surface area contributed by atoms with Crippen molar-refractivity contribution < 1.29 is 9.59 Å². The second kappa shape index (κ2) is 8.21. The zero-order valence-electron chi connectivity index (χ0n) is 16.8. The average molecular weight is 375 g/mol. The fraction of sp³-hybridized carbons (Fsp3) is 0.261. The van der Waals surface area contributed by atoms with E-state index in [2.05, 4.69) is 5.10 Å². The van der Waals surface area contributed by atoms with Gasteiger partial charge in [-0.1, -0.05) is 37.3 Å². The Labute approximate surface area is 165 Å². The Kier molecular flexibility index (Phi) is 5.73. The third kappa shape index (κ3) is 4.19. The largest absolute Gasteiger partial charge is 0.316 e. The van der Waals surface area contributed by atoms with E-state index in [1.807, 2.05) is 69.6 Å². The molecule has 0 bridgehead atoms. The fourth-order valence-corrected chi connectivity index (χ4v) is 3.25. The summed E-state index contributed by atoms with van der Waals surface area (Å²) in [4.78, 5) is 26.1. The van der Waals surface area contributed by atoms with Crippen molar-refractivity contribution in [2.45, 2.75) is 26.7 Å². The van der Waals surface area contributed by atoms with E-state index in [0.29, 0.717) is 18.4 Å². The van der Waals surface area contributed by atoms with E-state index in [1.54, 1.807) is 22.8 Å². The number of anilines is 1. The number of rotatable bonds is 6. The predicted octanol–water partition coefficient (Wildman–Crippen LogP) is 4.19. The molecule has 5 heteroatoms. The molecular formula is C23H25N3O2. The number of hydrogen-bond acceptors (Lipinski definition) is 3. The molecule has 3 rings (SSSR count). The van der Waals surface area contributed by atoms with Gasteiger partial charge in [0.25, 0.3) is 0 Å². The Balaban J connectivity index is 1.77. The lowest BCUT2D eigenvalue weighted by Gasteiger charge is -2.18. The molecule has 1 aromatic heterocycles. The zero-order chi connectivity index (χ0) is 20.3. The molecule has 0 aliphatic carbocycles. The first-order valence-corrected chi connectivity index (χ1v) is 9.37. The fourth-order valence-electron chi connectivity index (χ4n) is 3.25. The van der Waals surface area contributed by atoms with Crippen LogP contribution in [-0.4, -0.2) is 28.5 Å². The van der Waals surface area contributed by atoms with Crippen molar-refractivity contribution >= 4 is 17.4 Å². The van der Waals surface area contributed by atoms with Gasteiger partial charge in [0.05, 0.1) is 6.20 Å². The Hall–Kier alpha value is -3.21. The normalized spacial score (nSPS) is 10.7. The molecule has 0 unspecified atom stereocenters. The van der Waals surface area contributed by atoms with Crippen LogP contribution in [0.4, 0.5) is 5.69 Å². The molecule has 0 atom stereocenters. The molecule has 0 N–H and O–H groups in total. The first kappa shape index (κ1) is 19.5. The van der Waals surface area contributed by atoms with Gasteiger partial charge in [0, 0.05) is 44.4 Å². The van der Waals surface area contributed by atoms with Crippen LogP contribution in [0.25, 0.3) is 11.1 Å². The molecule has 1 amide bonds. The van der Waals surface area contributed by atoms with Gasteiger partial charge in [-0.15, -0.1) is 0 Å². The molecule has 0 aliphatic heterocycles. The molecule has 0 fully saturated rings. The highest BCUT2D eigenvalue weighted by molar-refractivity contribution is 5.98. The van der Waals surface area contributed by atoms with Crippen molar-refractivity contribution in [3.63, 3.8) is 0 Å². The lowest BCUT2D eigenvalue weighted by molar-refractivity contribution is -0.118. The minimum Gasteiger partial charge on any atom is -0.316 e. The summed E-state index contributed by atoms with van der Waals surface area (Å²) in [5.74, 6) is 0.162. The van der Waals surface area contributed by atoms with E-state index in [9.17, 15) is 9.59 Å². The second-order valence-electron chi connectivity index (χ2n) is 7.01. The number of aryl methyl sites for hydroxylation is 2. The van der Waals surface area contributed by atoms with Gasteiger partial charge in [0.15, 0.2) is 5.78 Å². The van der Waals surface area contributed by atoms with Gasteiger partial charge in [-0.25, -0.2) is 0 Å². The molecule has 28 heavy (non-hydrogen) atoms. The lowest BCUT2D eigenvalue weighted by atomic mass is 9.97. The summed E-state index contributed by atoms with van der Waals surface area (Å²) < 4.78 is 1.70. The second-order valence-corrected chi connectivity index (χ2v) is 7.01. The first-order chi connectivity index (χ1) is 13.4. The van der Waals surface area contributed by atoms with Crippen molar-refractivity contribution in [3.8, 4) is 11.1 Å². The lowest BCUT2D eigenvalue weighted by Crippen LogP contribution is -2.25. The quantitative estimate of drug-likeness (QED) is 0.607. The maximum atomic E-state index is 12.5.